The van der Waals surface area contributed by atoms with Crippen LogP contribution < -0.4 is 10.2 Å². The number of halogens is 1. The summed E-state index contributed by atoms with van der Waals surface area (Å²) in [6.45, 7) is 3.40. The van der Waals surface area contributed by atoms with E-state index in [1.165, 1.54) is 0 Å². The first-order chi connectivity index (χ1) is 8.14. The molecule has 6 nitrogen and oxygen atoms in total. The van der Waals surface area contributed by atoms with Crippen molar-refractivity contribution in [1.29, 1.82) is 0 Å². The van der Waals surface area contributed by atoms with Crippen LogP contribution in [-0.2, 0) is 18.6 Å². The van der Waals surface area contributed by atoms with Gasteiger partial charge in [-0.2, -0.15) is 0 Å². The third-order valence-electron chi connectivity index (χ3n) is 3.06. The summed E-state index contributed by atoms with van der Waals surface area (Å²) in [5.41, 5.74) is 0. The predicted molar refractivity (Wildman–Crippen MR) is 68.5 cm³/mol. The molecule has 2 N–H and O–H groups in total. The molecule has 2 atom stereocenters. The van der Waals surface area contributed by atoms with Crippen molar-refractivity contribution in [3.05, 3.63) is 0 Å². The summed E-state index contributed by atoms with van der Waals surface area (Å²) in [6.07, 6.45) is 0. The summed E-state index contributed by atoms with van der Waals surface area (Å²) in [4.78, 5) is 23.6. The summed E-state index contributed by atoms with van der Waals surface area (Å²) in [7, 11) is 0. The zero-order valence-corrected chi connectivity index (χ0v) is 12.4. The molecule has 1 spiro atoms. The van der Waals surface area contributed by atoms with E-state index in [0.29, 0.717) is 0 Å². The van der Waals surface area contributed by atoms with Gasteiger partial charge in [-0.3, -0.25) is 0 Å². The minimum atomic E-state index is -4.06. The predicted octanol–water partition coefficient (Wildman–Crippen LogP) is 1.70. The fourth-order valence-electron chi connectivity index (χ4n) is 2.02. The quantitative estimate of drug-likeness (QED) is 0.755. The van der Waals surface area contributed by atoms with Gasteiger partial charge < -0.3 is 0 Å². The van der Waals surface area contributed by atoms with Gasteiger partial charge in [0, 0.05) is 0 Å². The molecule has 2 aliphatic heterocycles. The molecule has 2 heterocycles. The second-order valence-electron chi connectivity index (χ2n) is 5.38. The molecule has 2 aliphatic rings. The standard InChI is InChI=1S/C10H18ClN2O4P/c1-5(2)7-9(14)16-18(11,12-7)13-8(6(3)4)10(15)17-18/h5-8,12-13H,1-4H3. The van der Waals surface area contributed by atoms with Crippen molar-refractivity contribution >= 4 is 29.9 Å². The maximum absolute atomic E-state index is 11.8. The van der Waals surface area contributed by atoms with Crippen molar-refractivity contribution in [3.8, 4) is 0 Å². The van der Waals surface area contributed by atoms with Gasteiger partial charge in [-0.05, 0) is 0 Å². The van der Waals surface area contributed by atoms with E-state index in [4.69, 9.17) is 20.3 Å². The van der Waals surface area contributed by atoms with E-state index in [0.717, 1.165) is 0 Å². The summed E-state index contributed by atoms with van der Waals surface area (Å²) in [6, 6.07) is -1.13. The van der Waals surface area contributed by atoms with Crippen LogP contribution >= 0.6 is 18.0 Å². The first kappa shape index (κ1) is 14.0. The van der Waals surface area contributed by atoms with Gasteiger partial charge in [-0.1, -0.05) is 0 Å². The molecule has 18 heavy (non-hydrogen) atoms. The Morgan fingerprint density at radius 3 is 1.56 bits per heavy atom. The first-order valence-electron chi connectivity index (χ1n) is 5.93. The normalized spacial score (nSPS) is 35.6. The molecule has 2 saturated heterocycles. The molecule has 0 amide bonds. The zero-order chi connectivity index (χ0) is 13.7. The average Bonchev–Trinajstić information content (AvgIpc) is 2.62. The average molecular weight is 297 g/mol. The zero-order valence-electron chi connectivity index (χ0n) is 10.8. The number of nitrogens with one attached hydrogen (secondary N) is 2. The molecule has 0 radical (unpaired) electrons. The summed E-state index contributed by atoms with van der Waals surface area (Å²) >= 11 is 6.35. The van der Waals surface area contributed by atoms with Crippen LogP contribution in [-0.4, -0.2) is 24.0 Å². The van der Waals surface area contributed by atoms with Crippen LogP contribution in [0.15, 0.2) is 0 Å². The molecule has 2 unspecified atom stereocenters. The number of hydrogen-bond donors (Lipinski definition) is 2. The van der Waals surface area contributed by atoms with Crippen LogP contribution in [0.1, 0.15) is 27.7 Å². The molecule has 104 valence electrons. The van der Waals surface area contributed by atoms with Crippen molar-refractivity contribution in [2.24, 2.45) is 11.8 Å². The van der Waals surface area contributed by atoms with Crippen molar-refractivity contribution < 1.29 is 18.6 Å². The van der Waals surface area contributed by atoms with Crippen LogP contribution in [0.5, 0.6) is 0 Å². The number of carbonyl (C=O) groups is 2. The Hall–Kier alpha value is -0.420. The van der Waals surface area contributed by atoms with Crippen LogP contribution in [0, 0.1) is 11.8 Å². The van der Waals surface area contributed by atoms with E-state index < -0.39 is 30.7 Å². The van der Waals surface area contributed by atoms with Gasteiger partial charge in [0.2, 0.25) is 0 Å². The Morgan fingerprint density at radius 1 is 1.00 bits per heavy atom. The molecule has 0 bridgehead atoms. The summed E-state index contributed by atoms with van der Waals surface area (Å²) < 4.78 is 10.4. The minimum absolute atomic E-state index is 0.00338. The third-order valence-corrected chi connectivity index (χ3v) is 6.51. The van der Waals surface area contributed by atoms with Crippen LogP contribution in [0.3, 0.4) is 0 Å². The van der Waals surface area contributed by atoms with Crippen molar-refractivity contribution in [1.82, 2.24) is 10.2 Å². The molecule has 0 aromatic rings. The Labute approximate surface area is 111 Å². The second-order valence-corrected chi connectivity index (χ2v) is 9.82. The molecule has 8 heteroatoms. The Kier molecular flexibility index (Phi) is 3.14. The summed E-state index contributed by atoms with van der Waals surface area (Å²) in [5.74, 6) is -0.975. The molecule has 2 rings (SSSR count). The maximum atomic E-state index is 11.8. The van der Waals surface area contributed by atoms with Gasteiger partial charge in [-0.25, -0.2) is 0 Å². The van der Waals surface area contributed by atoms with E-state index in [-0.39, 0.29) is 11.8 Å². The van der Waals surface area contributed by atoms with E-state index in [1.54, 1.807) is 0 Å². The number of hydrogen-bond acceptors (Lipinski definition) is 6. The van der Waals surface area contributed by atoms with Crippen LogP contribution in [0.2, 0.25) is 0 Å². The molecular weight excluding hydrogens is 279 g/mol. The molecular formula is C10H18ClN2O4P. The van der Waals surface area contributed by atoms with Crippen molar-refractivity contribution in [2.75, 3.05) is 0 Å². The van der Waals surface area contributed by atoms with E-state index in [9.17, 15) is 9.59 Å². The fraction of sp³-hybridized carbons (Fsp3) is 0.800. The van der Waals surface area contributed by atoms with Crippen LogP contribution in [0.4, 0.5) is 0 Å². The third kappa shape index (κ3) is 2.11. The van der Waals surface area contributed by atoms with E-state index in [2.05, 4.69) is 10.2 Å². The first-order valence-corrected chi connectivity index (χ1v) is 8.91. The van der Waals surface area contributed by atoms with Gasteiger partial charge in [-0.15, -0.1) is 0 Å². The van der Waals surface area contributed by atoms with Crippen LogP contribution in [0.25, 0.3) is 0 Å². The monoisotopic (exact) mass is 296 g/mol. The molecule has 2 fully saturated rings. The van der Waals surface area contributed by atoms with Gasteiger partial charge in [0.1, 0.15) is 0 Å². The molecule has 0 aliphatic carbocycles. The fourth-order valence-corrected chi connectivity index (χ4v) is 6.00. The Morgan fingerprint density at radius 2 is 1.33 bits per heavy atom. The Bertz CT molecular complexity index is 379. The van der Waals surface area contributed by atoms with Crippen molar-refractivity contribution in [2.45, 2.75) is 39.8 Å². The van der Waals surface area contributed by atoms with Gasteiger partial charge >= 0.3 is 110 Å². The second kappa shape index (κ2) is 4.04. The number of rotatable bonds is 2. The Balaban J connectivity index is 2.28. The van der Waals surface area contributed by atoms with Gasteiger partial charge in [0.25, 0.3) is 0 Å². The van der Waals surface area contributed by atoms with E-state index >= 15 is 0 Å². The topological polar surface area (TPSA) is 76.7 Å². The molecule has 0 aromatic heterocycles. The van der Waals surface area contributed by atoms with E-state index in [1.807, 2.05) is 27.7 Å². The molecule has 0 aromatic carbocycles. The van der Waals surface area contributed by atoms with Gasteiger partial charge in [0.05, 0.1) is 0 Å². The number of carbonyl (C=O) groups excluding carboxylic acids is 2. The summed E-state index contributed by atoms with van der Waals surface area (Å²) in [5, 5.41) is 5.75. The van der Waals surface area contributed by atoms with Crippen molar-refractivity contribution in [3.63, 3.8) is 0 Å². The van der Waals surface area contributed by atoms with Gasteiger partial charge in [0.15, 0.2) is 0 Å². The SMILES string of the molecule is CC(C)C1NP2(Cl)(NC(C(C)C)C(=O)O2)OC1=O. The molecule has 0 saturated carbocycles.